The van der Waals surface area contributed by atoms with E-state index in [-0.39, 0.29) is 0 Å². The topological polar surface area (TPSA) is 46.8 Å². The minimum atomic E-state index is 0.337. The molecule has 0 N–H and O–H groups in total. The van der Waals surface area contributed by atoms with Crippen LogP contribution in [0.2, 0.25) is 0 Å². The Hall–Kier alpha value is -4.04. The van der Waals surface area contributed by atoms with E-state index in [0.717, 1.165) is 61.0 Å². The van der Waals surface area contributed by atoms with Crippen LogP contribution in [0.3, 0.4) is 0 Å². The highest BCUT2D eigenvalue weighted by molar-refractivity contribution is 5.91. The number of fused-ring (bicyclic) bond motifs is 4. The molecule has 0 amide bonds. The van der Waals surface area contributed by atoms with E-state index in [0.29, 0.717) is 23.9 Å². The highest BCUT2D eigenvalue weighted by Gasteiger charge is 2.41. The van der Waals surface area contributed by atoms with E-state index in [1.54, 1.807) is 0 Å². The molecule has 3 aliphatic carbocycles. The Morgan fingerprint density at radius 3 is 2.56 bits per heavy atom. The van der Waals surface area contributed by atoms with Gasteiger partial charge in [0.15, 0.2) is 15.7 Å². The van der Waals surface area contributed by atoms with Crippen molar-refractivity contribution >= 4 is 22.6 Å². The van der Waals surface area contributed by atoms with Crippen LogP contribution in [0.25, 0.3) is 39.9 Å². The predicted octanol–water partition coefficient (Wildman–Crippen LogP) is 5.41. The lowest BCUT2D eigenvalue weighted by molar-refractivity contribution is -0.274. The molecule has 6 heteroatoms. The van der Waals surface area contributed by atoms with E-state index >= 15 is 0 Å². The standard InChI is InChI=1S/C39H37IN5/c1-2-29-31-24-36-32(25-35(31)44(34(29)22-23-40)28-18-10-5-11-19-28)30-20-12-13-21-33(30)45(36)39-42-37(26-14-6-3-7-15-26)41-38(43-39)27-16-8-4-9-17-27/h3-8,10,12-16,20-24,28,35,40H,2,9,11,17-19,25H2,1H3/q+1/b23-22-. The first-order valence-electron chi connectivity index (χ1n) is 16.2. The second kappa shape index (κ2) is 12.0. The molecular formula is C39H37IN5+. The van der Waals surface area contributed by atoms with Gasteiger partial charge in [0, 0.05) is 28.8 Å². The van der Waals surface area contributed by atoms with Crippen LogP contribution in [0, 0.1) is 0 Å². The molecule has 2 aromatic heterocycles. The molecule has 3 heterocycles. The van der Waals surface area contributed by atoms with Gasteiger partial charge in [0.1, 0.15) is 0 Å². The van der Waals surface area contributed by atoms with Gasteiger partial charge in [0.25, 0.3) is 22.6 Å². The number of para-hydroxylation sites is 1. The molecule has 5 nitrogen and oxygen atoms in total. The molecule has 2 aromatic carbocycles. The van der Waals surface area contributed by atoms with Gasteiger partial charge < -0.3 is 4.90 Å². The molecule has 0 fully saturated rings. The van der Waals surface area contributed by atoms with E-state index in [9.17, 15) is 0 Å². The van der Waals surface area contributed by atoms with Crippen molar-refractivity contribution in [3.05, 3.63) is 129 Å². The summed E-state index contributed by atoms with van der Waals surface area (Å²) in [4.78, 5) is 18.2. The van der Waals surface area contributed by atoms with Crippen molar-refractivity contribution in [2.24, 2.45) is 0 Å². The number of allylic oxidation sites excluding steroid dienone is 6. The SMILES string of the molecule is CCC1=C(/C=C\[IH+])N(C2CC=CCC2)C2Cc3c(n(-c4nc(C5=CC=CCC5)nc(-c5ccccc5)n4)c4ccccc34)C=C12. The monoisotopic (exact) mass is 702 g/mol. The van der Waals surface area contributed by atoms with Crippen molar-refractivity contribution in [3.63, 3.8) is 0 Å². The van der Waals surface area contributed by atoms with Crippen LogP contribution in [0.5, 0.6) is 0 Å². The fourth-order valence-corrected chi connectivity index (χ4v) is 8.06. The lowest BCUT2D eigenvalue weighted by Crippen LogP contribution is -3.30. The molecule has 8 rings (SSSR count). The van der Waals surface area contributed by atoms with E-state index in [4.69, 9.17) is 15.0 Å². The Morgan fingerprint density at radius 1 is 0.933 bits per heavy atom. The summed E-state index contributed by atoms with van der Waals surface area (Å²) < 4.78 is 4.53. The summed E-state index contributed by atoms with van der Waals surface area (Å²) in [6, 6.07) is 20.0. The predicted molar refractivity (Wildman–Crippen MR) is 180 cm³/mol. The van der Waals surface area contributed by atoms with Gasteiger partial charge in [-0.15, -0.1) is 0 Å². The summed E-state index contributed by atoms with van der Waals surface area (Å²) in [5, 5.41) is 1.28. The number of hydrogen-bond acceptors (Lipinski definition) is 4. The molecular weight excluding hydrogens is 665 g/mol. The van der Waals surface area contributed by atoms with Crippen LogP contribution in [0.1, 0.15) is 62.5 Å². The number of benzene rings is 2. The molecule has 0 spiro atoms. The molecule has 224 valence electrons. The smallest absolute Gasteiger partial charge is 0.288 e. The highest BCUT2D eigenvalue weighted by atomic mass is 127. The molecule has 0 radical (unpaired) electrons. The molecule has 2 atom stereocenters. The zero-order valence-corrected chi connectivity index (χ0v) is 27.9. The Morgan fingerprint density at radius 2 is 1.78 bits per heavy atom. The molecule has 45 heavy (non-hydrogen) atoms. The number of halogens is 1. The average molecular weight is 703 g/mol. The summed E-state index contributed by atoms with van der Waals surface area (Å²) in [5.74, 6) is 2.16. The van der Waals surface area contributed by atoms with Gasteiger partial charge in [-0.05, 0) is 79.4 Å². The number of hydrogen-bond donors (Lipinski definition) is 0. The number of rotatable bonds is 6. The minimum absolute atomic E-state index is 0.337. The summed E-state index contributed by atoms with van der Waals surface area (Å²) in [5.41, 5.74) is 10.2. The molecule has 0 saturated heterocycles. The van der Waals surface area contributed by atoms with Gasteiger partial charge in [-0.3, -0.25) is 4.57 Å². The highest BCUT2D eigenvalue weighted by Crippen LogP contribution is 2.47. The van der Waals surface area contributed by atoms with Gasteiger partial charge in [0.2, 0.25) is 5.95 Å². The van der Waals surface area contributed by atoms with Crippen LogP contribution >= 0.6 is 0 Å². The molecule has 4 aromatic rings. The second-order valence-electron chi connectivity index (χ2n) is 12.2. The third-order valence-electron chi connectivity index (χ3n) is 9.71. The maximum atomic E-state index is 5.21. The van der Waals surface area contributed by atoms with E-state index in [1.165, 1.54) is 39.9 Å². The van der Waals surface area contributed by atoms with Gasteiger partial charge in [-0.1, -0.05) is 85.8 Å². The normalized spacial score (nSPS) is 21.0. The molecule has 0 saturated carbocycles. The van der Waals surface area contributed by atoms with Crippen LogP contribution < -0.4 is 22.6 Å². The third kappa shape index (κ3) is 4.94. The third-order valence-corrected chi connectivity index (χ3v) is 10.1. The largest absolute Gasteiger partial charge is 0.360 e. The summed E-state index contributed by atoms with van der Waals surface area (Å²) in [7, 11) is 0. The minimum Gasteiger partial charge on any atom is -0.360 e. The maximum Gasteiger partial charge on any atom is 0.288 e. The lowest BCUT2D eigenvalue weighted by atomic mass is 9.87. The van der Waals surface area contributed by atoms with E-state index in [1.807, 2.05) is 18.2 Å². The zero-order valence-electron chi connectivity index (χ0n) is 25.6. The number of aromatic nitrogens is 4. The van der Waals surface area contributed by atoms with Crippen molar-refractivity contribution in [3.8, 4) is 17.3 Å². The lowest BCUT2D eigenvalue weighted by Gasteiger charge is -2.38. The second-order valence-corrected chi connectivity index (χ2v) is 13.0. The fraction of sp³-hybridized carbons (Fsp3) is 0.256. The van der Waals surface area contributed by atoms with Crippen LogP contribution in [0.15, 0.2) is 112 Å². The first kappa shape index (κ1) is 28.4. The van der Waals surface area contributed by atoms with Crippen LogP contribution in [-0.4, -0.2) is 36.5 Å². The first-order valence-corrected chi connectivity index (χ1v) is 17.6. The molecule has 2 unspecified atom stereocenters. The molecule has 0 bridgehead atoms. The quantitative estimate of drug-likeness (QED) is 0.199. The van der Waals surface area contributed by atoms with Crippen molar-refractivity contribution in [2.45, 2.75) is 64.0 Å². The van der Waals surface area contributed by atoms with Gasteiger partial charge in [-0.25, -0.2) is 4.98 Å². The van der Waals surface area contributed by atoms with Crippen LogP contribution in [-0.2, 0) is 6.42 Å². The average Bonchev–Trinajstić information content (AvgIpc) is 3.59. The number of nitrogens with zero attached hydrogens (tertiary/aromatic N) is 5. The zero-order chi connectivity index (χ0) is 30.3. The van der Waals surface area contributed by atoms with Gasteiger partial charge >= 0.3 is 0 Å². The fourth-order valence-electron chi connectivity index (χ4n) is 7.69. The van der Waals surface area contributed by atoms with Crippen molar-refractivity contribution in [1.82, 2.24) is 24.4 Å². The van der Waals surface area contributed by atoms with E-state index < -0.39 is 0 Å². The summed E-state index contributed by atoms with van der Waals surface area (Å²) in [6.45, 7) is 2.31. The van der Waals surface area contributed by atoms with Crippen molar-refractivity contribution in [2.75, 3.05) is 0 Å². The Balaban J connectivity index is 1.35. The van der Waals surface area contributed by atoms with Crippen LogP contribution in [0.4, 0.5) is 0 Å². The molecule has 4 aliphatic rings. The Labute approximate surface area is 278 Å². The van der Waals surface area contributed by atoms with Crippen molar-refractivity contribution < 1.29 is 22.6 Å². The Bertz CT molecular complexity index is 1970. The van der Waals surface area contributed by atoms with Gasteiger partial charge in [0.05, 0.1) is 17.3 Å². The molecule has 1 aliphatic heterocycles. The maximum absolute atomic E-state index is 5.21. The van der Waals surface area contributed by atoms with Gasteiger partial charge in [-0.2, -0.15) is 9.97 Å². The van der Waals surface area contributed by atoms with Crippen molar-refractivity contribution in [1.29, 1.82) is 0 Å². The van der Waals surface area contributed by atoms with E-state index in [2.05, 4.69) is 122 Å². The summed E-state index contributed by atoms with van der Waals surface area (Å²) >= 11 is 2.07. The Kier molecular flexibility index (Phi) is 7.61. The first-order chi connectivity index (χ1) is 22.2. The summed E-state index contributed by atoms with van der Waals surface area (Å²) in [6.07, 6.45) is 23.4.